The number of aryl methyl sites for hydroxylation is 2. The van der Waals surface area contributed by atoms with E-state index in [9.17, 15) is 9.18 Å². The Morgan fingerprint density at radius 3 is 2.71 bits per heavy atom. The molecule has 1 aromatic carbocycles. The highest BCUT2D eigenvalue weighted by atomic mass is 19.1. The van der Waals surface area contributed by atoms with Crippen molar-refractivity contribution in [2.24, 2.45) is 7.05 Å². The van der Waals surface area contributed by atoms with Crippen LogP contribution in [0.3, 0.4) is 0 Å². The third-order valence-corrected chi connectivity index (χ3v) is 3.18. The molecule has 1 unspecified atom stereocenters. The third-order valence-electron chi connectivity index (χ3n) is 3.18. The number of halogens is 1. The van der Waals surface area contributed by atoms with Gasteiger partial charge in [0, 0.05) is 31.4 Å². The van der Waals surface area contributed by atoms with Crippen LogP contribution in [0.15, 0.2) is 24.4 Å². The maximum Gasteiger partial charge on any atom is 0.221 e. The first-order valence-corrected chi connectivity index (χ1v) is 6.70. The van der Waals surface area contributed by atoms with Crippen molar-refractivity contribution in [3.8, 4) is 0 Å². The molecule has 2 aromatic rings. The largest absolute Gasteiger partial charge is 0.376 e. The van der Waals surface area contributed by atoms with E-state index in [1.165, 1.54) is 19.1 Å². The first kappa shape index (κ1) is 15.0. The van der Waals surface area contributed by atoms with Gasteiger partial charge < -0.3 is 10.6 Å². The Labute approximate surface area is 123 Å². The summed E-state index contributed by atoms with van der Waals surface area (Å²) < 4.78 is 15.6. The maximum atomic E-state index is 13.9. The molecular formula is C15H19FN4O. The smallest absolute Gasteiger partial charge is 0.221 e. The monoisotopic (exact) mass is 290 g/mol. The molecule has 1 atom stereocenters. The van der Waals surface area contributed by atoms with Gasteiger partial charge in [0.15, 0.2) is 0 Å². The Morgan fingerprint density at radius 1 is 1.43 bits per heavy atom. The summed E-state index contributed by atoms with van der Waals surface area (Å²) in [4.78, 5) is 11.1. The average Bonchev–Trinajstić information content (AvgIpc) is 2.72. The molecule has 0 aliphatic carbocycles. The van der Waals surface area contributed by atoms with Crippen molar-refractivity contribution < 1.29 is 9.18 Å². The molecule has 6 heteroatoms. The van der Waals surface area contributed by atoms with E-state index >= 15 is 0 Å². The molecule has 21 heavy (non-hydrogen) atoms. The van der Waals surface area contributed by atoms with Gasteiger partial charge in [0.2, 0.25) is 5.91 Å². The maximum absolute atomic E-state index is 13.9. The zero-order chi connectivity index (χ0) is 15.6. The van der Waals surface area contributed by atoms with Crippen molar-refractivity contribution in [3.63, 3.8) is 0 Å². The molecule has 1 aromatic heterocycles. The summed E-state index contributed by atoms with van der Waals surface area (Å²) in [6, 6.07) is 4.35. The Morgan fingerprint density at radius 2 is 2.14 bits per heavy atom. The minimum atomic E-state index is -0.363. The zero-order valence-electron chi connectivity index (χ0n) is 12.6. The second-order valence-electron chi connectivity index (χ2n) is 5.09. The van der Waals surface area contributed by atoms with E-state index in [-0.39, 0.29) is 17.8 Å². The first-order valence-electron chi connectivity index (χ1n) is 6.70. The number of amides is 1. The number of carbonyl (C=O) groups excluding carboxylic acids is 1. The lowest BCUT2D eigenvalue weighted by Gasteiger charge is -2.16. The van der Waals surface area contributed by atoms with Crippen molar-refractivity contribution >= 4 is 17.3 Å². The second kappa shape index (κ2) is 5.95. The van der Waals surface area contributed by atoms with Crippen LogP contribution in [0.4, 0.5) is 15.8 Å². The van der Waals surface area contributed by atoms with Crippen LogP contribution in [0.2, 0.25) is 0 Å². The second-order valence-corrected chi connectivity index (χ2v) is 5.09. The molecule has 1 amide bonds. The molecule has 0 spiro atoms. The van der Waals surface area contributed by atoms with Crippen molar-refractivity contribution in [2.45, 2.75) is 26.8 Å². The van der Waals surface area contributed by atoms with Crippen molar-refractivity contribution in [1.82, 2.24) is 9.78 Å². The molecular weight excluding hydrogens is 271 g/mol. The Hall–Kier alpha value is -2.37. The summed E-state index contributed by atoms with van der Waals surface area (Å²) in [6.45, 7) is 5.27. The standard InChI is InChI=1S/C15H19FN4O/c1-9(13-8-20(4)19-10(13)2)17-15-7-12(18-11(3)21)5-6-14(15)16/h5-9,17H,1-4H3,(H,18,21). The zero-order valence-corrected chi connectivity index (χ0v) is 12.6. The van der Waals surface area contributed by atoms with Gasteiger partial charge >= 0.3 is 0 Å². The molecule has 0 saturated carbocycles. The summed E-state index contributed by atoms with van der Waals surface area (Å²) in [7, 11) is 1.85. The molecule has 2 rings (SSSR count). The molecule has 0 saturated heterocycles. The minimum Gasteiger partial charge on any atom is -0.376 e. The Balaban J connectivity index is 2.22. The van der Waals surface area contributed by atoms with Gasteiger partial charge in [-0.25, -0.2) is 4.39 Å². The van der Waals surface area contributed by atoms with Gasteiger partial charge in [0.05, 0.1) is 17.4 Å². The van der Waals surface area contributed by atoms with Crippen LogP contribution < -0.4 is 10.6 Å². The molecule has 0 aliphatic rings. The summed E-state index contributed by atoms with van der Waals surface area (Å²) in [6.07, 6.45) is 1.91. The Bertz CT molecular complexity index is 666. The molecule has 112 valence electrons. The number of aromatic nitrogens is 2. The van der Waals surface area contributed by atoms with Gasteiger partial charge in [0.25, 0.3) is 0 Å². The SMILES string of the molecule is CC(=O)Nc1ccc(F)c(NC(C)c2cn(C)nc2C)c1. The van der Waals surface area contributed by atoms with E-state index in [1.807, 2.05) is 27.1 Å². The summed E-state index contributed by atoms with van der Waals surface area (Å²) in [5, 5.41) is 10.0. The summed E-state index contributed by atoms with van der Waals surface area (Å²) >= 11 is 0. The van der Waals surface area contributed by atoms with E-state index in [0.29, 0.717) is 11.4 Å². The molecule has 0 radical (unpaired) electrons. The molecule has 2 N–H and O–H groups in total. The Kier molecular flexibility index (Phi) is 4.26. The molecule has 5 nitrogen and oxygen atoms in total. The van der Waals surface area contributed by atoms with Gasteiger partial charge in [0.1, 0.15) is 5.82 Å². The lowest BCUT2D eigenvalue weighted by atomic mass is 10.1. The van der Waals surface area contributed by atoms with E-state index in [4.69, 9.17) is 0 Å². The van der Waals surface area contributed by atoms with Crippen LogP contribution >= 0.6 is 0 Å². The molecule has 1 heterocycles. The van der Waals surface area contributed by atoms with Gasteiger partial charge in [-0.2, -0.15) is 5.10 Å². The van der Waals surface area contributed by atoms with Crippen LogP contribution in [0.1, 0.15) is 31.1 Å². The fourth-order valence-electron chi connectivity index (χ4n) is 2.27. The topological polar surface area (TPSA) is 59.0 Å². The lowest BCUT2D eigenvalue weighted by molar-refractivity contribution is -0.114. The number of hydrogen-bond acceptors (Lipinski definition) is 3. The highest BCUT2D eigenvalue weighted by Gasteiger charge is 2.14. The normalized spacial score (nSPS) is 12.0. The summed E-state index contributed by atoms with van der Waals surface area (Å²) in [5.74, 6) is -0.554. The van der Waals surface area contributed by atoms with Gasteiger partial charge in [-0.15, -0.1) is 0 Å². The number of rotatable bonds is 4. The fourth-order valence-corrected chi connectivity index (χ4v) is 2.27. The number of nitrogens with one attached hydrogen (secondary N) is 2. The number of carbonyl (C=O) groups is 1. The van der Waals surface area contributed by atoms with Crippen LogP contribution in [-0.2, 0) is 11.8 Å². The highest BCUT2D eigenvalue weighted by Crippen LogP contribution is 2.25. The van der Waals surface area contributed by atoms with Crippen LogP contribution in [0.5, 0.6) is 0 Å². The molecule has 0 fully saturated rings. The minimum absolute atomic E-state index is 0.0965. The predicted octanol–water partition coefficient (Wildman–Crippen LogP) is 3.00. The quantitative estimate of drug-likeness (QED) is 0.910. The third kappa shape index (κ3) is 3.59. The lowest BCUT2D eigenvalue weighted by Crippen LogP contribution is -2.10. The first-order chi connectivity index (χ1) is 9.86. The van der Waals surface area contributed by atoms with Crippen LogP contribution in [0.25, 0.3) is 0 Å². The van der Waals surface area contributed by atoms with Crippen molar-refractivity contribution in [3.05, 3.63) is 41.5 Å². The average molecular weight is 290 g/mol. The van der Waals surface area contributed by atoms with E-state index < -0.39 is 0 Å². The summed E-state index contributed by atoms with van der Waals surface area (Å²) in [5.41, 5.74) is 2.80. The fraction of sp³-hybridized carbons (Fsp3) is 0.333. The highest BCUT2D eigenvalue weighted by molar-refractivity contribution is 5.89. The number of anilines is 2. The number of hydrogen-bond donors (Lipinski definition) is 2. The van der Waals surface area contributed by atoms with Gasteiger partial charge in [-0.1, -0.05) is 0 Å². The molecule has 0 bridgehead atoms. The molecule has 0 aliphatic heterocycles. The van der Waals surface area contributed by atoms with Gasteiger partial charge in [-0.05, 0) is 32.0 Å². The predicted molar refractivity (Wildman–Crippen MR) is 80.7 cm³/mol. The number of nitrogens with zero attached hydrogens (tertiary/aromatic N) is 2. The van der Waals surface area contributed by atoms with E-state index in [2.05, 4.69) is 15.7 Å². The van der Waals surface area contributed by atoms with Crippen LogP contribution in [-0.4, -0.2) is 15.7 Å². The van der Waals surface area contributed by atoms with Crippen LogP contribution in [0, 0.1) is 12.7 Å². The van der Waals surface area contributed by atoms with E-state index in [1.54, 1.807) is 10.7 Å². The van der Waals surface area contributed by atoms with E-state index in [0.717, 1.165) is 11.3 Å². The van der Waals surface area contributed by atoms with Crippen molar-refractivity contribution in [1.29, 1.82) is 0 Å². The van der Waals surface area contributed by atoms with Crippen molar-refractivity contribution in [2.75, 3.05) is 10.6 Å². The van der Waals surface area contributed by atoms with Gasteiger partial charge in [-0.3, -0.25) is 9.48 Å². The number of benzene rings is 1.